The molecule has 0 bridgehead atoms. The smallest absolute Gasteiger partial charge is 0.0585 e. The van der Waals surface area contributed by atoms with Crippen LogP contribution in [0.4, 0.5) is 0 Å². The molecule has 0 aliphatic heterocycles. The lowest BCUT2D eigenvalue weighted by Crippen LogP contribution is -2.22. The Kier molecular flexibility index (Phi) is 4.98. The molecule has 1 aromatic heterocycles. The molecule has 18 heavy (non-hydrogen) atoms. The third kappa shape index (κ3) is 3.22. The fraction of sp³-hybridized carbons (Fsp3) is 0.333. The Hall–Kier alpha value is -0.640. The molecule has 0 spiro atoms. The Morgan fingerprint density at radius 2 is 2.11 bits per heavy atom. The molecular formula is C15H18BrNS. The second-order valence-corrected chi connectivity index (χ2v) is 6.09. The molecule has 96 valence electrons. The van der Waals surface area contributed by atoms with E-state index in [-0.39, 0.29) is 0 Å². The molecule has 1 unspecified atom stereocenters. The van der Waals surface area contributed by atoms with Crippen LogP contribution in [-0.2, 0) is 0 Å². The van der Waals surface area contributed by atoms with Crippen molar-refractivity contribution >= 4 is 27.3 Å². The minimum atomic E-state index is 0.308. The van der Waals surface area contributed by atoms with E-state index in [0.717, 1.165) is 13.0 Å². The normalized spacial score (nSPS) is 12.6. The molecule has 0 amide bonds. The molecule has 1 aromatic carbocycles. The zero-order valence-electron chi connectivity index (χ0n) is 10.7. The molecule has 0 fully saturated rings. The van der Waals surface area contributed by atoms with E-state index in [0.29, 0.717) is 6.04 Å². The van der Waals surface area contributed by atoms with E-state index in [1.54, 1.807) is 11.3 Å². The van der Waals surface area contributed by atoms with E-state index in [9.17, 15) is 0 Å². The number of nitrogens with one attached hydrogen (secondary N) is 1. The van der Waals surface area contributed by atoms with Crippen molar-refractivity contribution in [2.24, 2.45) is 0 Å². The maximum absolute atomic E-state index is 3.63. The lowest BCUT2D eigenvalue weighted by atomic mass is 9.99. The summed E-state index contributed by atoms with van der Waals surface area (Å²) < 4.78 is 1.17. The van der Waals surface area contributed by atoms with Crippen LogP contribution in [0.15, 0.2) is 39.5 Å². The molecule has 2 rings (SSSR count). The monoisotopic (exact) mass is 323 g/mol. The molecule has 0 radical (unpaired) electrons. The fourth-order valence-electron chi connectivity index (χ4n) is 2.00. The summed E-state index contributed by atoms with van der Waals surface area (Å²) in [5.41, 5.74) is 3.98. The highest BCUT2D eigenvalue weighted by Crippen LogP contribution is 2.27. The summed E-state index contributed by atoms with van der Waals surface area (Å²) >= 11 is 5.32. The molecule has 0 saturated carbocycles. The molecule has 2 aromatic rings. The van der Waals surface area contributed by atoms with Crippen LogP contribution in [0.2, 0.25) is 0 Å². The topological polar surface area (TPSA) is 12.0 Å². The third-order valence-electron chi connectivity index (χ3n) is 2.99. The van der Waals surface area contributed by atoms with E-state index >= 15 is 0 Å². The van der Waals surface area contributed by atoms with Gasteiger partial charge < -0.3 is 5.32 Å². The Bertz CT molecular complexity index is 493. The number of rotatable bonds is 5. The van der Waals surface area contributed by atoms with Crippen LogP contribution in [0.5, 0.6) is 0 Å². The quantitative estimate of drug-likeness (QED) is 0.824. The van der Waals surface area contributed by atoms with Crippen molar-refractivity contribution in [3.63, 3.8) is 0 Å². The molecule has 1 heterocycles. The van der Waals surface area contributed by atoms with Crippen molar-refractivity contribution < 1.29 is 0 Å². The van der Waals surface area contributed by atoms with Gasteiger partial charge in [0.05, 0.1) is 6.04 Å². The van der Waals surface area contributed by atoms with E-state index < -0.39 is 0 Å². The number of halogens is 1. The first-order chi connectivity index (χ1) is 8.72. The average Bonchev–Trinajstić information content (AvgIpc) is 2.88. The zero-order chi connectivity index (χ0) is 13.0. The van der Waals surface area contributed by atoms with Crippen LogP contribution in [0.3, 0.4) is 0 Å². The molecule has 0 aliphatic carbocycles. The fourth-order valence-corrected chi connectivity index (χ4v) is 2.94. The maximum Gasteiger partial charge on any atom is 0.0585 e. The summed E-state index contributed by atoms with van der Waals surface area (Å²) in [6.07, 6.45) is 1.15. The van der Waals surface area contributed by atoms with Crippen molar-refractivity contribution in [2.75, 3.05) is 6.54 Å². The largest absolute Gasteiger partial charge is 0.306 e. The lowest BCUT2D eigenvalue weighted by Gasteiger charge is -2.19. The summed E-state index contributed by atoms with van der Waals surface area (Å²) in [7, 11) is 0. The highest BCUT2D eigenvalue weighted by molar-refractivity contribution is 9.10. The van der Waals surface area contributed by atoms with Gasteiger partial charge in [-0.25, -0.2) is 0 Å². The van der Waals surface area contributed by atoms with Crippen molar-refractivity contribution in [1.29, 1.82) is 0 Å². The van der Waals surface area contributed by atoms with Crippen molar-refractivity contribution in [1.82, 2.24) is 5.32 Å². The molecular weight excluding hydrogens is 306 g/mol. The van der Waals surface area contributed by atoms with Gasteiger partial charge in [-0.15, -0.1) is 0 Å². The second kappa shape index (κ2) is 6.50. The van der Waals surface area contributed by atoms with Gasteiger partial charge in [0.15, 0.2) is 0 Å². The SMILES string of the molecule is CCCNC(c1ccsc1)c1ccc(Br)c(C)c1. The van der Waals surface area contributed by atoms with Gasteiger partial charge in [-0.3, -0.25) is 0 Å². The van der Waals surface area contributed by atoms with Gasteiger partial charge >= 0.3 is 0 Å². The van der Waals surface area contributed by atoms with Crippen molar-refractivity contribution in [2.45, 2.75) is 26.3 Å². The van der Waals surface area contributed by atoms with Crippen molar-refractivity contribution in [3.05, 3.63) is 56.2 Å². The first-order valence-corrected chi connectivity index (χ1v) is 7.97. The van der Waals surface area contributed by atoms with E-state index in [2.05, 4.69) is 70.1 Å². The van der Waals surface area contributed by atoms with E-state index in [1.165, 1.54) is 21.2 Å². The Morgan fingerprint density at radius 3 is 2.72 bits per heavy atom. The van der Waals surface area contributed by atoms with Crippen LogP contribution in [0.1, 0.15) is 36.1 Å². The van der Waals surface area contributed by atoms with Gasteiger partial charge in [0.1, 0.15) is 0 Å². The molecule has 1 nitrogen and oxygen atoms in total. The second-order valence-electron chi connectivity index (χ2n) is 4.45. The van der Waals surface area contributed by atoms with Gasteiger partial charge in [0, 0.05) is 4.47 Å². The molecule has 3 heteroatoms. The van der Waals surface area contributed by atoms with Gasteiger partial charge in [0.2, 0.25) is 0 Å². The van der Waals surface area contributed by atoms with Gasteiger partial charge in [0.25, 0.3) is 0 Å². The minimum Gasteiger partial charge on any atom is -0.306 e. The third-order valence-corrected chi connectivity index (χ3v) is 4.58. The van der Waals surface area contributed by atoms with Crippen LogP contribution in [0.25, 0.3) is 0 Å². The van der Waals surface area contributed by atoms with Crippen LogP contribution in [-0.4, -0.2) is 6.54 Å². The number of hydrogen-bond donors (Lipinski definition) is 1. The molecule has 1 N–H and O–H groups in total. The lowest BCUT2D eigenvalue weighted by molar-refractivity contribution is 0.599. The van der Waals surface area contributed by atoms with Crippen LogP contribution in [0, 0.1) is 6.92 Å². The predicted molar refractivity (Wildman–Crippen MR) is 83.3 cm³/mol. The Morgan fingerprint density at radius 1 is 1.28 bits per heavy atom. The summed E-state index contributed by atoms with van der Waals surface area (Å²) in [5.74, 6) is 0. The highest BCUT2D eigenvalue weighted by atomic mass is 79.9. The average molecular weight is 324 g/mol. The summed E-state index contributed by atoms with van der Waals surface area (Å²) in [6.45, 7) is 5.37. The Balaban J connectivity index is 2.30. The number of benzene rings is 1. The number of thiophene rings is 1. The van der Waals surface area contributed by atoms with E-state index in [1.807, 2.05) is 0 Å². The van der Waals surface area contributed by atoms with Crippen LogP contribution >= 0.6 is 27.3 Å². The van der Waals surface area contributed by atoms with Gasteiger partial charge in [-0.2, -0.15) is 11.3 Å². The standard InChI is InChI=1S/C15H18BrNS/c1-3-7-17-15(13-6-8-18-10-13)12-4-5-14(16)11(2)9-12/h4-6,8-10,15,17H,3,7H2,1-2H3. The minimum absolute atomic E-state index is 0.308. The highest BCUT2D eigenvalue weighted by Gasteiger charge is 2.14. The zero-order valence-corrected chi connectivity index (χ0v) is 13.1. The summed E-state index contributed by atoms with van der Waals surface area (Å²) in [4.78, 5) is 0. The number of aryl methyl sites for hydroxylation is 1. The van der Waals surface area contributed by atoms with Crippen molar-refractivity contribution in [3.8, 4) is 0 Å². The summed E-state index contributed by atoms with van der Waals surface area (Å²) in [6, 6.07) is 9.10. The number of hydrogen-bond acceptors (Lipinski definition) is 2. The van der Waals surface area contributed by atoms with Gasteiger partial charge in [-0.1, -0.05) is 35.0 Å². The predicted octanol–water partition coefficient (Wildman–Crippen LogP) is 4.91. The summed E-state index contributed by atoms with van der Waals surface area (Å²) in [5, 5.41) is 7.99. The van der Waals surface area contributed by atoms with E-state index in [4.69, 9.17) is 0 Å². The van der Waals surface area contributed by atoms with Crippen LogP contribution < -0.4 is 5.32 Å². The molecule has 1 atom stereocenters. The molecule has 0 saturated heterocycles. The maximum atomic E-state index is 3.63. The Labute approximate surface area is 121 Å². The van der Waals surface area contributed by atoms with Gasteiger partial charge in [-0.05, 0) is 59.5 Å². The first kappa shape index (κ1) is 13.8. The first-order valence-electron chi connectivity index (χ1n) is 6.24. The molecule has 0 aliphatic rings.